The lowest BCUT2D eigenvalue weighted by Gasteiger charge is -2.12. The summed E-state index contributed by atoms with van der Waals surface area (Å²) >= 11 is 7.54. The number of halogens is 4. The van der Waals surface area contributed by atoms with Crippen LogP contribution < -0.4 is 15.4 Å². The molecule has 0 aliphatic carbocycles. The molecule has 0 aliphatic rings. The molecule has 2 rings (SSSR count). The lowest BCUT2D eigenvalue weighted by Crippen LogP contribution is -2.36. The molecular weight excluding hydrogens is 497 g/mol. The molecule has 0 fully saturated rings. The van der Waals surface area contributed by atoms with Crippen LogP contribution in [-0.2, 0) is 13.1 Å². The topological polar surface area (TPSA) is 58.5 Å². The summed E-state index contributed by atoms with van der Waals surface area (Å²) in [6.07, 6.45) is 1.81. The quantitative estimate of drug-likeness (QED) is 0.321. The molecule has 0 bridgehead atoms. The maximum Gasteiger partial charge on any atom is 0.387 e. The Balaban J connectivity index is 0.00000338. The highest BCUT2D eigenvalue weighted by Crippen LogP contribution is 2.25. The number of ether oxygens (including phenoxy) is 1. The molecule has 0 spiro atoms. The number of hydrogen-bond acceptors (Lipinski definition) is 4. The normalized spacial score (nSPS) is 11.2. The van der Waals surface area contributed by atoms with Crippen molar-refractivity contribution in [3.05, 3.63) is 44.9 Å². The molecule has 0 aliphatic heterocycles. The van der Waals surface area contributed by atoms with Crippen LogP contribution in [0, 0.1) is 6.92 Å². The van der Waals surface area contributed by atoms with Gasteiger partial charge in [-0.3, -0.25) is 0 Å². The Kier molecular flexibility index (Phi) is 10.1. The van der Waals surface area contributed by atoms with Gasteiger partial charge in [0.1, 0.15) is 10.8 Å². The van der Waals surface area contributed by atoms with Gasteiger partial charge in [0.25, 0.3) is 0 Å². The first-order chi connectivity index (χ1) is 12.0. The summed E-state index contributed by atoms with van der Waals surface area (Å²) < 4.78 is 29.5. The van der Waals surface area contributed by atoms with Crippen LogP contribution in [0.15, 0.2) is 29.4 Å². The third-order valence-electron chi connectivity index (χ3n) is 3.07. The molecule has 0 saturated carbocycles. The van der Waals surface area contributed by atoms with Gasteiger partial charge in [-0.25, -0.2) is 9.98 Å². The fourth-order valence-corrected chi connectivity index (χ4v) is 2.95. The molecule has 0 amide bonds. The second kappa shape index (κ2) is 11.5. The van der Waals surface area contributed by atoms with Crippen molar-refractivity contribution in [2.75, 3.05) is 6.54 Å². The van der Waals surface area contributed by atoms with E-state index in [1.54, 1.807) is 17.4 Å². The average Bonchev–Trinajstić information content (AvgIpc) is 2.97. The van der Waals surface area contributed by atoms with Gasteiger partial charge in [0.05, 0.1) is 13.1 Å². The Morgan fingerprint density at radius 2 is 2.15 bits per heavy atom. The summed E-state index contributed by atoms with van der Waals surface area (Å²) in [4.78, 5) is 9.81. The Morgan fingerprint density at radius 3 is 2.77 bits per heavy atom. The molecule has 1 aromatic carbocycles. The number of aliphatic imine (C=N–C) groups is 1. The number of aromatic nitrogens is 1. The minimum absolute atomic E-state index is 0. The monoisotopic (exact) mass is 516 g/mol. The highest BCUT2D eigenvalue weighted by atomic mass is 127. The molecular formula is C16H20ClF2IN4OS. The third kappa shape index (κ3) is 7.58. The van der Waals surface area contributed by atoms with Gasteiger partial charge >= 0.3 is 6.61 Å². The van der Waals surface area contributed by atoms with Gasteiger partial charge in [0.15, 0.2) is 5.96 Å². The van der Waals surface area contributed by atoms with Gasteiger partial charge in [0, 0.05) is 28.2 Å². The first kappa shape index (κ1) is 22.8. The van der Waals surface area contributed by atoms with E-state index in [0.717, 1.165) is 9.88 Å². The summed E-state index contributed by atoms with van der Waals surface area (Å²) in [7, 11) is 0. The zero-order valence-electron chi connectivity index (χ0n) is 14.3. The van der Waals surface area contributed by atoms with E-state index in [4.69, 9.17) is 11.6 Å². The summed E-state index contributed by atoms with van der Waals surface area (Å²) in [5, 5.41) is 7.63. The Hall–Kier alpha value is -1.20. The molecule has 2 N–H and O–H groups in total. The van der Waals surface area contributed by atoms with Crippen LogP contribution in [0.2, 0.25) is 5.02 Å². The van der Waals surface area contributed by atoms with E-state index in [1.165, 1.54) is 12.1 Å². The third-order valence-corrected chi connectivity index (χ3v) is 4.21. The van der Waals surface area contributed by atoms with Crippen molar-refractivity contribution >= 4 is 52.9 Å². The predicted molar refractivity (Wildman–Crippen MR) is 112 cm³/mol. The van der Waals surface area contributed by atoms with Crippen LogP contribution in [0.25, 0.3) is 0 Å². The highest BCUT2D eigenvalue weighted by Gasteiger charge is 2.10. The average molecular weight is 517 g/mol. The van der Waals surface area contributed by atoms with Crippen LogP contribution in [0.3, 0.4) is 0 Å². The second-order valence-corrected chi connectivity index (χ2v) is 6.80. The van der Waals surface area contributed by atoms with E-state index < -0.39 is 6.61 Å². The molecule has 0 radical (unpaired) electrons. The number of nitrogens with one attached hydrogen (secondary N) is 2. The molecule has 5 nitrogen and oxygen atoms in total. The fraction of sp³-hybridized carbons (Fsp3) is 0.375. The number of benzene rings is 1. The number of guanidine groups is 1. The van der Waals surface area contributed by atoms with E-state index in [2.05, 4.69) is 25.3 Å². The number of nitrogens with zero attached hydrogens (tertiary/aromatic N) is 2. The Morgan fingerprint density at radius 1 is 1.38 bits per heavy atom. The van der Waals surface area contributed by atoms with E-state index in [0.29, 0.717) is 29.6 Å². The molecule has 26 heavy (non-hydrogen) atoms. The number of aryl methyl sites for hydroxylation is 1. The smallest absolute Gasteiger partial charge is 0.387 e. The molecule has 0 atom stereocenters. The SMILES string of the molecule is CCNC(=NCc1cc(Cl)ccc1OC(F)F)NCc1ncc(C)s1.I. The lowest BCUT2D eigenvalue weighted by molar-refractivity contribution is -0.0504. The van der Waals surface area contributed by atoms with Crippen LogP contribution in [-0.4, -0.2) is 24.1 Å². The lowest BCUT2D eigenvalue weighted by atomic mass is 10.2. The van der Waals surface area contributed by atoms with E-state index in [1.807, 2.05) is 20.0 Å². The van der Waals surface area contributed by atoms with Gasteiger partial charge in [-0.1, -0.05) is 11.6 Å². The minimum Gasteiger partial charge on any atom is -0.434 e. The highest BCUT2D eigenvalue weighted by molar-refractivity contribution is 14.0. The van der Waals surface area contributed by atoms with Crippen LogP contribution in [0.4, 0.5) is 8.78 Å². The zero-order chi connectivity index (χ0) is 18.2. The maximum absolute atomic E-state index is 12.5. The van der Waals surface area contributed by atoms with Crippen molar-refractivity contribution in [3.8, 4) is 5.75 Å². The zero-order valence-corrected chi connectivity index (χ0v) is 18.2. The summed E-state index contributed by atoms with van der Waals surface area (Å²) in [6.45, 7) is 2.37. The number of rotatable bonds is 7. The molecule has 10 heteroatoms. The summed E-state index contributed by atoms with van der Waals surface area (Å²) in [6, 6.07) is 4.48. The van der Waals surface area contributed by atoms with E-state index in [9.17, 15) is 8.78 Å². The van der Waals surface area contributed by atoms with Crippen LogP contribution in [0.5, 0.6) is 5.75 Å². The maximum atomic E-state index is 12.5. The van der Waals surface area contributed by atoms with E-state index in [-0.39, 0.29) is 36.3 Å². The van der Waals surface area contributed by atoms with Gasteiger partial charge in [0.2, 0.25) is 0 Å². The fourth-order valence-electron chi connectivity index (χ4n) is 2.03. The van der Waals surface area contributed by atoms with Crippen molar-refractivity contribution in [2.45, 2.75) is 33.5 Å². The number of alkyl halides is 2. The number of hydrogen-bond donors (Lipinski definition) is 2. The summed E-state index contributed by atoms with van der Waals surface area (Å²) in [5.74, 6) is 0.618. The van der Waals surface area contributed by atoms with Crippen molar-refractivity contribution in [1.29, 1.82) is 0 Å². The largest absolute Gasteiger partial charge is 0.434 e. The second-order valence-electron chi connectivity index (χ2n) is 5.04. The molecule has 144 valence electrons. The van der Waals surface area contributed by atoms with Gasteiger partial charge < -0.3 is 15.4 Å². The predicted octanol–water partition coefficient (Wildman–Crippen LogP) is 4.58. The Bertz CT molecular complexity index is 730. The van der Waals surface area contributed by atoms with E-state index >= 15 is 0 Å². The first-order valence-electron chi connectivity index (χ1n) is 7.64. The Labute approximate surface area is 177 Å². The van der Waals surface area contributed by atoms with Gasteiger partial charge in [-0.2, -0.15) is 8.78 Å². The van der Waals surface area contributed by atoms with Crippen molar-refractivity contribution < 1.29 is 13.5 Å². The first-order valence-corrected chi connectivity index (χ1v) is 8.84. The minimum atomic E-state index is -2.90. The van der Waals surface area contributed by atoms with Gasteiger partial charge in [-0.05, 0) is 32.0 Å². The molecule has 0 saturated heterocycles. The van der Waals surface area contributed by atoms with Gasteiger partial charge in [-0.15, -0.1) is 35.3 Å². The standard InChI is InChI=1S/C16H19ClF2N4OS.HI/c1-3-20-16(23-9-14-21-7-10(2)25-14)22-8-11-6-12(17)4-5-13(11)24-15(18)19;/h4-7,15H,3,8-9H2,1-2H3,(H2,20,22,23);1H. The van der Waals surface area contributed by atoms with Crippen molar-refractivity contribution in [3.63, 3.8) is 0 Å². The van der Waals surface area contributed by atoms with Crippen molar-refractivity contribution in [1.82, 2.24) is 15.6 Å². The molecule has 0 unspecified atom stereocenters. The van der Waals surface area contributed by atoms with Crippen LogP contribution >= 0.6 is 46.9 Å². The molecule has 1 aromatic heterocycles. The van der Waals surface area contributed by atoms with Crippen LogP contribution in [0.1, 0.15) is 22.4 Å². The van der Waals surface area contributed by atoms with Crippen molar-refractivity contribution in [2.24, 2.45) is 4.99 Å². The summed E-state index contributed by atoms with van der Waals surface area (Å²) in [5.41, 5.74) is 0.482. The molecule has 1 heterocycles. The molecule has 2 aromatic rings. The number of thiazole rings is 1.